The molecule has 1 amide bonds. The molecule has 2 aliphatic carbocycles. The number of fused-ring (bicyclic) bond motifs is 3. The first-order valence-corrected chi connectivity index (χ1v) is 24.4. The number of carbonyl (C=O) groups is 1. The molecule has 1 aromatic carbocycles. The first-order chi connectivity index (χ1) is 28.3. The van der Waals surface area contributed by atoms with Crippen LogP contribution in [0.25, 0.3) is 0 Å². The number of carbonyl (C=O) groups excluding carboxylic acids is 1. The molecule has 0 spiro atoms. The van der Waals surface area contributed by atoms with Crippen LogP contribution in [0.3, 0.4) is 0 Å². The second-order valence-electron chi connectivity index (χ2n) is 16.6. The lowest BCUT2D eigenvalue weighted by Crippen LogP contribution is -2.34. The number of ether oxygens (including phenoxy) is 3. The average Bonchev–Trinajstić information content (AvgIpc) is 3.98. The van der Waals surface area contributed by atoms with E-state index in [1.54, 1.807) is 0 Å². The van der Waals surface area contributed by atoms with Gasteiger partial charge in [-0.1, -0.05) is 6.07 Å². The highest BCUT2D eigenvalue weighted by Gasteiger charge is 2.35. The minimum atomic E-state index is -1.02. The Balaban J connectivity index is 0.000000202. The van der Waals surface area contributed by atoms with Crippen LogP contribution in [0.4, 0.5) is 11.6 Å². The molecule has 4 fully saturated rings. The van der Waals surface area contributed by atoms with Gasteiger partial charge in [0, 0.05) is 87.8 Å². The molecule has 2 unspecified atom stereocenters. The number of hydrogen-bond acceptors (Lipinski definition) is 12. The molecule has 7 aliphatic rings. The number of anilines is 2. The highest BCUT2D eigenvalue weighted by atomic mass is 35.5. The van der Waals surface area contributed by atoms with Crippen LogP contribution < -0.4 is 15.4 Å². The van der Waals surface area contributed by atoms with E-state index in [9.17, 15) is 13.2 Å². The van der Waals surface area contributed by atoms with E-state index in [0.29, 0.717) is 47.7 Å². The van der Waals surface area contributed by atoms with E-state index in [1.165, 1.54) is 11.1 Å². The highest BCUT2D eigenvalue weighted by molar-refractivity contribution is 7.85. The van der Waals surface area contributed by atoms with Gasteiger partial charge >= 0.3 is 0 Å². The molecule has 2 N–H and O–H groups in total. The highest BCUT2D eigenvalue weighted by Crippen LogP contribution is 2.38. The van der Waals surface area contributed by atoms with Gasteiger partial charge in [0.05, 0.1) is 39.1 Å². The number of aryl methyl sites for hydroxylation is 2. The van der Waals surface area contributed by atoms with Gasteiger partial charge in [-0.25, -0.2) is 15.0 Å². The Morgan fingerprint density at radius 1 is 0.707 bits per heavy atom. The predicted molar refractivity (Wildman–Crippen MR) is 223 cm³/mol. The minimum Gasteiger partial charge on any atom is -0.490 e. The van der Waals surface area contributed by atoms with E-state index in [0.717, 1.165) is 162 Å². The van der Waals surface area contributed by atoms with Crippen molar-refractivity contribution in [1.29, 1.82) is 0 Å². The van der Waals surface area contributed by atoms with Gasteiger partial charge in [0.15, 0.2) is 0 Å². The van der Waals surface area contributed by atoms with Crippen molar-refractivity contribution >= 4 is 50.7 Å². The van der Waals surface area contributed by atoms with Crippen molar-refractivity contribution < 1.29 is 27.4 Å². The van der Waals surface area contributed by atoms with Crippen LogP contribution in [-0.4, -0.2) is 108 Å². The van der Waals surface area contributed by atoms with Crippen LogP contribution in [-0.2, 0) is 61.6 Å². The smallest absolute Gasteiger partial charge is 0.225 e. The number of amides is 1. The standard InChI is InChI=1S/C31H40N4O4S.C11H14ClN3O2S/c36-31(22-1-2-22)35-14-9-20-3-8-26(19-23(20)10-15-35)39-25-6-4-21(5-7-25)29-33-27-13-18-40(37)28(27)30(34-29)32-24-11-16-38-17-12-24;12-11-14-8-3-6-18(16)9(8)10(15-11)13-7-1-4-17-5-2-7/h3,8,19,21-22,24-25H,1-2,4-7,9-18H2,(H,32,33,34);7H,1-6H2,(H,13,14,15). The SMILES string of the molecule is O=C(C1CC1)N1CCc2ccc(OC3CCC(c4nc5c(c(NC6CCOCC6)n4)S(=O)CC5)CC3)cc2CC1.O=S1CCc2nc(Cl)nc(NC3CCOCC3)c21. The third-order valence-electron chi connectivity index (χ3n) is 12.5. The van der Waals surface area contributed by atoms with Crippen molar-refractivity contribution in [2.75, 3.05) is 61.7 Å². The van der Waals surface area contributed by atoms with E-state index < -0.39 is 21.6 Å². The van der Waals surface area contributed by atoms with Crippen LogP contribution in [0.5, 0.6) is 5.75 Å². The lowest BCUT2D eigenvalue weighted by atomic mass is 9.86. The number of benzene rings is 1. The number of nitrogens with zero attached hydrogens (tertiary/aromatic N) is 5. The van der Waals surface area contributed by atoms with Gasteiger partial charge in [0.2, 0.25) is 11.2 Å². The Labute approximate surface area is 350 Å². The quantitative estimate of drug-likeness (QED) is 0.273. The van der Waals surface area contributed by atoms with Crippen molar-refractivity contribution in [2.24, 2.45) is 5.92 Å². The molecule has 3 aromatic rings. The molecule has 7 heterocycles. The summed E-state index contributed by atoms with van der Waals surface area (Å²) >= 11 is 5.91. The number of hydrogen-bond donors (Lipinski definition) is 2. The maximum Gasteiger partial charge on any atom is 0.225 e. The van der Waals surface area contributed by atoms with Gasteiger partial charge in [-0.05, 0) is 112 Å². The maximum atomic E-state index is 12.7. The molecule has 2 atom stereocenters. The molecule has 58 heavy (non-hydrogen) atoms. The first kappa shape index (κ1) is 40.2. The molecule has 10 rings (SSSR count). The van der Waals surface area contributed by atoms with Gasteiger partial charge in [0.25, 0.3) is 0 Å². The van der Waals surface area contributed by atoms with Crippen LogP contribution >= 0.6 is 11.6 Å². The Bertz CT molecular complexity index is 2040. The summed E-state index contributed by atoms with van der Waals surface area (Å²) < 4.78 is 42.0. The number of aromatic nitrogens is 4. The molecule has 2 saturated heterocycles. The zero-order valence-electron chi connectivity index (χ0n) is 33.1. The molecule has 2 saturated carbocycles. The van der Waals surface area contributed by atoms with Gasteiger partial charge in [0.1, 0.15) is 33.0 Å². The molecule has 312 valence electrons. The monoisotopic (exact) mass is 851 g/mol. The lowest BCUT2D eigenvalue weighted by molar-refractivity contribution is -0.132. The lowest BCUT2D eigenvalue weighted by Gasteiger charge is -2.29. The summed E-state index contributed by atoms with van der Waals surface area (Å²) in [5.41, 5.74) is 4.47. The third kappa shape index (κ3) is 9.38. The Hall–Kier alpha value is -3.24. The topological polar surface area (TPSA) is 158 Å². The zero-order valence-corrected chi connectivity index (χ0v) is 35.4. The molecule has 5 aliphatic heterocycles. The van der Waals surface area contributed by atoms with E-state index in [-0.39, 0.29) is 17.3 Å². The summed E-state index contributed by atoms with van der Waals surface area (Å²) in [5, 5.41) is 7.18. The summed E-state index contributed by atoms with van der Waals surface area (Å²) in [5.74, 6) is 5.50. The summed E-state index contributed by atoms with van der Waals surface area (Å²) in [6, 6.07) is 7.15. The molecule has 13 nitrogen and oxygen atoms in total. The number of nitrogens with one attached hydrogen (secondary N) is 2. The summed E-state index contributed by atoms with van der Waals surface area (Å²) in [4.78, 5) is 34.5. The first-order valence-electron chi connectivity index (χ1n) is 21.3. The molecule has 16 heteroatoms. The predicted octanol–water partition coefficient (Wildman–Crippen LogP) is 5.56. The summed E-state index contributed by atoms with van der Waals surface area (Å²) in [7, 11) is -2.02. The molecular weight excluding hydrogens is 798 g/mol. The largest absolute Gasteiger partial charge is 0.490 e. The fourth-order valence-corrected chi connectivity index (χ4v) is 11.9. The second-order valence-corrected chi connectivity index (χ2v) is 20.0. The summed E-state index contributed by atoms with van der Waals surface area (Å²) in [6.45, 7) is 4.67. The average molecular weight is 853 g/mol. The molecule has 0 radical (unpaired) electrons. The zero-order chi connectivity index (χ0) is 39.6. The van der Waals surface area contributed by atoms with Crippen molar-refractivity contribution in [3.05, 3.63) is 51.8 Å². The van der Waals surface area contributed by atoms with E-state index >= 15 is 0 Å². The molecular formula is C42H54ClN7O6S2. The normalized spacial score (nSPS) is 26.1. The third-order valence-corrected chi connectivity index (χ3v) is 15.6. The molecule has 0 bridgehead atoms. The van der Waals surface area contributed by atoms with Gasteiger partial charge in [-0.3, -0.25) is 13.2 Å². The van der Waals surface area contributed by atoms with Gasteiger partial charge < -0.3 is 29.7 Å². The van der Waals surface area contributed by atoms with Crippen LogP contribution in [0.2, 0.25) is 5.28 Å². The van der Waals surface area contributed by atoms with Crippen molar-refractivity contribution in [1.82, 2.24) is 24.8 Å². The Morgan fingerprint density at radius 2 is 1.29 bits per heavy atom. The van der Waals surface area contributed by atoms with Gasteiger partial charge in [-0.2, -0.15) is 4.98 Å². The molecule has 2 aromatic heterocycles. The van der Waals surface area contributed by atoms with Crippen LogP contribution in [0.15, 0.2) is 28.0 Å². The second kappa shape index (κ2) is 18.2. The number of halogens is 1. The van der Waals surface area contributed by atoms with Crippen LogP contribution in [0, 0.1) is 5.92 Å². The van der Waals surface area contributed by atoms with Crippen molar-refractivity contribution in [3.8, 4) is 5.75 Å². The van der Waals surface area contributed by atoms with E-state index in [4.69, 9.17) is 35.8 Å². The fraction of sp³-hybridized carbons (Fsp3) is 0.643. The van der Waals surface area contributed by atoms with E-state index in [1.807, 2.05) is 0 Å². The minimum absolute atomic E-state index is 0.190. The maximum absolute atomic E-state index is 12.7. The van der Waals surface area contributed by atoms with Gasteiger partial charge in [-0.15, -0.1) is 0 Å². The summed E-state index contributed by atoms with van der Waals surface area (Å²) in [6.07, 6.45) is 13.3. The van der Waals surface area contributed by atoms with Crippen LogP contribution in [0.1, 0.15) is 98.5 Å². The number of rotatable bonds is 8. The Kier molecular flexibility index (Phi) is 12.6. The Morgan fingerprint density at radius 3 is 1.91 bits per heavy atom. The van der Waals surface area contributed by atoms with Crippen molar-refractivity contribution in [3.63, 3.8) is 0 Å². The fourth-order valence-electron chi connectivity index (χ4n) is 9.05. The van der Waals surface area contributed by atoms with E-state index in [2.05, 4.69) is 43.7 Å². The van der Waals surface area contributed by atoms with Crippen molar-refractivity contribution in [2.45, 2.75) is 124 Å².